The van der Waals surface area contributed by atoms with Crippen LogP contribution in [0.25, 0.3) is 0 Å². The van der Waals surface area contributed by atoms with E-state index in [1.165, 1.54) is 13.8 Å². The smallest absolute Gasteiger partial charge is 0.196 e. The van der Waals surface area contributed by atoms with Crippen LogP contribution in [0.4, 0.5) is 26.3 Å². The summed E-state index contributed by atoms with van der Waals surface area (Å²) in [6.07, 6.45) is -9.65. The Hall–Kier alpha value is -1.96. The molecule has 0 unspecified atom stereocenters. The lowest BCUT2D eigenvalue weighted by Gasteiger charge is -2.44. The molecule has 0 spiro atoms. The van der Waals surface area contributed by atoms with Crippen molar-refractivity contribution < 1.29 is 26.3 Å². The first-order chi connectivity index (χ1) is 9.92. The molecule has 0 N–H and O–H groups in total. The third-order valence-electron chi connectivity index (χ3n) is 4.55. The molecule has 0 aromatic carbocycles. The average Bonchev–Trinajstić information content (AvgIpc) is 2.88. The predicted octanol–water partition coefficient (Wildman–Crippen LogP) is 4.28. The van der Waals surface area contributed by atoms with E-state index in [0.717, 1.165) is 24.3 Å². The Labute approximate surface area is 122 Å². The minimum absolute atomic E-state index is 0.141. The van der Waals surface area contributed by atoms with Crippen LogP contribution >= 0.6 is 0 Å². The van der Waals surface area contributed by atoms with Crippen LogP contribution in [-0.2, 0) is 0 Å². The maximum Gasteiger partial charge on any atom is 0.406 e. The van der Waals surface area contributed by atoms with Gasteiger partial charge in [0.25, 0.3) is 0 Å². The van der Waals surface area contributed by atoms with Gasteiger partial charge in [-0.2, -0.15) is 36.9 Å². The molecule has 0 heterocycles. The second-order valence-electron chi connectivity index (χ2n) is 5.63. The quantitative estimate of drug-likeness (QED) is 0.494. The molecule has 1 fully saturated rings. The van der Waals surface area contributed by atoms with Crippen molar-refractivity contribution in [1.29, 1.82) is 10.5 Å². The highest BCUT2D eigenvalue weighted by molar-refractivity contribution is 5.52. The number of hydrogen-bond donors (Lipinski definition) is 0. The summed E-state index contributed by atoms with van der Waals surface area (Å²) >= 11 is 0. The number of allylic oxidation sites excluding steroid dienone is 4. The molecule has 0 radical (unpaired) electrons. The van der Waals surface area contributed by atoms with Gasteiger partial charge in [-0.3, -0.25) is 0 Å². The Bertz CT molecular complexity index is 621. The SMILES string of the molecule is CC(C)=C1[C@H]2C=C[C@@H]1C(C#N)(C#N)C2(C(F)(F)F)C(F)(F)F. The zero-order chi connectivity index (χ0) is 17.1. The molecule has 0 amide bonds. The second kappa shape index (κ2) is 4.28. The van der Waals surface area contributed by atoms with Crippen molar-refractivity contribution in [3.63, 3.8) is 0 Å². The lowest BCUT2D eigenvalue weighted by Crippen LogP contribution is -2.62. The van der Waals surface area contributed by atoms with Gasteiger partial charge in [-0.25, -0.2) is 0 Å². The Balaban J connectivity index is 3.01. The van der Waals surface area contributed by atoms with Gasteiger partial charge in [0.1, 0.15) is 0 Å². The van der Waals surface area contributed by atoms with Crippen molar-refractivity contribution >= 4 is 0 Å². The summed E-state index contributed by atoms with van der Waals surface area (Å²) in [6.45, 7) is 2.76. The summed E-state index contributed by atoms with van der Waals surface area (Å²) < 4.78 is 81.6. The van der Waals surface area contributed by atoms with Gasteiger partial charge >= 0.3 is 12.4 Å². The Morgan fingerprint density at radius 2 is 1.36 bits per heavy atom. The van der Waals surface area contributed by atoms with Crippen molar-refractivity contribution in [2.45, 2.75) is 26.2 Å². The lowest BCUT2D eigenvalue weighted by molar-refractivity contribution is -0.367. The number of rotatable bonds is 0. The number of halogens is 6. The predicted molar refractivity (Wildman–Crippen MR) is 62.7 cm³/mol. The first kappa shape index (κ1) is 16.4. The van der Waals surface area contributed by atoms with Crippen molar-refractivity contribution in [3.05, 3.63) is 23.3 Å². The summed E-state index contributed by atoms with van der Waals surface area (Å²) in [7, 11) is 0. The first-order valence-electron chi connectivity index (χ1n) is 6.24. The summed E-state index contributed by atoms with van der Waals surface area (Å²) in [4.78, 5) is 0. The molecule has 0 aromatic rings. The molecule has 118 valence electrons. The van der Waals surface area contributed by atoms with Crippen LogP contribution in [-0.4, -0.2) is 12.4 Å². The second-order valence-corrected chi connectivity index (χ2v) is 5.63. The van der Waals surface area contributed by atoms with Gasteiger partial charge < -0.3 is 0 Å². The molecule has 2 aliphatic rings. The van der Waals surface area contributed by atoms with Gasteiger partial charge in [-0.05, 0) is 13.8 Å². The molecule has 2 atom stereocenters. The number of fused-ring (bicyclic) bond motifs is 2. The zero-order valence-corrected chi connectivity index (χ0v) is 11.5. The van der Waals surface area contributed by atoms with Crippen molar-refractivity contribution in [3.8, 4) is 12.1 Å². The zero-order valence-electron chi connectivity index (χ0n) is 11.5. The lowest BCUT2D eigenvalue weighted by atomic mass is 9.58. The van der Waals surface area contributed by atoms with Gasteiger partial charge in [-0.1, -0.05) is 23.3 Å². The van der Waals surface area contributed by atoms with E-state index < -0.39 is 35.0 Å². The molecule has 2 aliphatic carbocycles. The Morgan fingerprint density at radius 3 is 1.64 bits per heavy atom. The maximum absolute atomic E-state index is 13.6. The van der Waals surface area contributed by atoms with E-state index in [1.54, 1.807) is 0 Å². The fourth-order valence-electron chi connectivity index (χ4n) is 3.79. The van der Waals surface area contributed by atoms with Crippen molar-refractivity contribution in [1.82, 2.24) is 0 Å². The van der Waals surface area contributed by atoms with Crippen LogP contribution in [0.1, 0.15) is 13.8 Å². The van der Waals surface area contributed by atoms with Gasteiger partial charge in [0.15, 0.2) is 5.41 Å². The minimum atomic E-state index is -5.79. The number of hydrogen-bond acceptors (Lipinski definition) is 2. The van der Waals surface area contributed by atoms with Crippen LogP contribution in [0.15, 0.2) is 23.3 Å². The van der Waals surface area contributed by atoms with E-state index in [2.05, 4.69) is 0 Å². The fraction of sp³-hybridized carbons (Fsp3) is 0.571. The fourth-order valence-corrected chi connectivity index (χ4v) is 3.79. The molecule has 2 rings (SSSR count). The molecule has 2 bridgehead atoms. The molecule has 1 saturated carbocycles. The molecule has 0 aliphatic heterocycles. The van der Waals surface area contributed by atoms with Gasteiger partial charge in [-0.15, -0.1) is 0 Å². The average molecular weight is 320 g/mol. The highest BCUT2D eigenvalue weighted by atomic mass is 19.4. The van der Waals surface area contributed by atoms with Crippen molar-refractivity contribution in [2.24, 2.45) is 22.7 Å². The largest absolute Gasteiger partial charge is 0.406 e. The van der Waals surface area contributed by atoms with Gasteiger partial charge in [0.05, 0.1) is 12.1 Å². The van der Waals surface area contributed by atoms with Gasteiger partial charge in [0.2, 0.25) is 5.41 Å². The standard InChI is InChI=1S/C14H10F6N2/c1-7(2)10-8-3-4-9(10)12(13(15,16)17,14(18,19)20)11(8,5-21)6-22/h3-4,8-9H,1-2H3/t8-,9+/m0/s1. The van der Waals surface area contributed by atoms with Crippen molar-refractivity contribution in [2.75, 3.05) is 0 Å². The van der Waals surface area contributed by atoms with Crippen LogP contribution in [0, 0.1) is 45.3 Å². The molecular formula is C14H10F6N2. The summed E-state index contributed by atoms with van der Waals surface area (Å²) in [6, 6.07) is 2.12. The number of alkyl halides is 6. The molecular weight excluding hydrogens is 310 g/mol. The summed E-state index contributed by atoms with van der Waals surface area (Å²) in [5.41, 5.74) is -7.55. The minimum Gasteiger partial charge on any atom is -0.196 e. The topological polar surface area (TPSA) is 47.6 Å². The van der Waals surface area contributed by atoms with Crippen LogP contribution < -0.4 is 0 Å². The number of nitrogens with zero attached hydrogens (tertiary/aromatic N) is 2. The maximum atomic E-state index is 13.6. The molecule has 8 heteroatoms. The first-order valence-corrected chi connectivity index (χ1v) is 6.24. The normalized spacial score (nSPS) is 28.4. The molecule has 2 nitrogen and oxygen atoms in total. The third-order valence-corrected chi connectivity index (χ3v) is 4.55. The van der Waals surface area contributed by atoms with E-state index in [4.69, 9.17) is 0 Å². The Morgan fingerprint density at radius 1 is 0.955 bits per heavy atom. The van der Waals surface area contributed by atoms with E-state index in [-0.39, 0.29) is 11.1 Å². The van der Waals surface area contributed by atoms with E-state index in [0.29, 0.717) is 0 Å². The highest BCUT2D eigenvalue weighted by Gasteiger charge is 2.89. The van der Waals surface area contributed by atoms with Crippen LogP contribution in [0.5, 0.6) is 0 Å². The monoisotopic (exact) mass is 320 g/mol. The summed E-state index contributed by atoms with van der Waals surface area (Å²) in [5, 5.41) is 18.3. The summed E-state index contributed by atoms with van der Waals surface area (Å²) in [5.74, 6) is -3.59. The van der Waals surface area contributed by atoms with Gasteiger partial charge in [0, 0.05) is 11.8 Å². The van der Waals surface area contributed by atoms with Crippen LogP contribution in [0.3, 0.4) is 0 Å². The molecule has 22 heavy (non-hydrogen) atoms. The van der Waals surface area contributed by atoms with E-state index in [1.807, 2.05) is 0 Å². The number of nitriles is 2. The van der Waals surface area contributed by atoms with E-state index in [9.17, 15) is 36.9 Å². The molecule has 0 aromatic heterocycles. The Kier molecular flexibility index (Phi) is 3.19. The third kappa shape index (κ3) is 1.45. The van der Waals surface area contributed by atoms with Crippen LogP contribution in [0.2, 0.25) is 0 Å². The highest BCUT2D eigenvalue weighted by Crippen LogP contribution is 2.76. The van der Waals surface area contributed by atoms with E-state index >= 15 is 0 Å². The molecule has 0 saturated heterocycles.